The number of amides is 2. The second-order valence-electron chi connectivity index (χ2n) is 9.67. The Morgan fingerprint density at radius 2 is 2.12 bits per heavy atom. The van der Waals surface area contributed by atoms with Crippen molar-refractivity contribution in [2.75, 3.05) is 18.5 Å². The largest absolute Gasteiger partial charge is 0.394 e. The van der Waals surface area contributed by atoms with Gasteiger partial charge in [0.25, 0.3) is 11.8 Å². The lowest BCUT2D eigenvalue weighted by Crippen LogP contribution is -2.41. The number of anilines is 1. The Balaban J connectivity index is 1.69. The minimum Gasteiger partial charge on any atom is -0.394 e. The number of pyridine rings is 1. The summed E-state index contributed by atoms with van der Waals surface area (Å²) in [6.45, 7) is 8.48. The molecule has 0 unspecified atom stereocenters. The molecular weight excluding hydrogens is 438 g/mol. The van der Waals surface area contributed by atoms with Gasteiger partial charge in [-0.1, -0.05) is 0 Å². The number of carbonyl (C=O) groups excluding carboxylic acids is 2. The van der Waals surface area contributed by atoms with E-state index in [0.717, 1.165) is 42.6 Å². The molecule has 1 saturated heterocycles. The maximum absolute atomic E-state index is 13.4. The van der Waals surface area contributed by atoms with Crippen LogP contribution in [0.15, 0.2) is 12.3 Å². The Kier molecular flexibility index (Phi) is 6.72. The Labute approximate surface area is 198 Å². The second kappa shape index (κ2) is 9.38. The van der Waals surface area contributed by atoms with Crippen molar-refractivity contribution in [2.24, 2.45) is 0 Å². The Hall–Kier alpha value is -2.52. The highest BCUT2D eigenvalue weighted by Gasteiger charge is 2.33. The zero-order valence-corrected chi connectivity index (χ0v) is 20.6. The molecule has 0 aromatic carbocycles. The number of aryl methyl sites for hydroxylation is 1. The molecule has 178 valence electrons. The van der Waals surface area contributed by atoms with E-state index < -0.39 is 11.9 Å². The highest BCUT2D eigenvalue weighted by Crippen LogP contribution is 2.37. The molecule has 2 aliphatic rings. The first kappa shape index (κ1) is 23.6. The average Bonchev–Trinajstić information content (AvgIpc) is 3.39. The molecule has 2 fully saturated rings. The van der Waals surface area contributed by atoms with Crippen LogP contribution in [0.2, 0.25) is 0 Å². The molecule has 2 amide bonds. The number of aliphatic hydroxyl groups excluding tert-OH is 1. The first-order valence-corrected chi connectivity index (χ1v) is 12.5. The second-order valence-corrected chi connectivity index (χ2v) is 10.7. The van der Waals surface area contributed by atoms with E-state index in [9.17, 15) is 14.7 Å². The van der Waals surface area contributed by atoms with E-state index in [1.807, 2.05) is 24.8 Å². The zero-order valence-electron chi connectivity index (χ0n) is 19.8. The summed E-state index contributed by atoms with van der Waals surface area (Å²) in [6.07, 6.45) is 7.18. The van der Waals surface area contributed by atoms with Gasteiger partial charge in [0.1, 0.15) is 11.5 Å². The minimum absolute atomic E-state index is 0.0904. The molecule has 0 radical (unpaired) electrons. The number of carbonyl (C=O) groups is 2. The predicted molar refractivity (Wildman–Crippen MR) is 130 cm³/mol. The molecule has 1 saturated carbocycles. The van der Waals surface area contributed by atoms with Gasteiger partial charge in [0, 0.05) is 35.9 Å². The van der Waals surface area contributed by atoms with E-state index in [0.29, 0.717) is 17.1 Å². The summed E-state index contributed by atoms with van der Waals surface area (Å²) in [5.41, 5.74) is 2.17. The number of rotatable bonds is 7. The Bertz CT molecular complexity index is 1050. The highest BCUT2D eigenvalue weighted by atomic mass is 32.1. The van der Waals surface area contributed by atoms with Gasteiger partial charge in [-0.2, -0.15) is 0 Å². The smallest absolute Gasteiger partial charge is 0.280 e. The number of thiazole rings is 1. The van der Waals surface area contributed by atoms with Crippen molar-refractivity contribution in [3.63, 3.8) is 0 Å². The fourth-order valence-corrected chi connectivity index (χ4v) is 5.49. The lowest BCUT2D eigenvalue weighted by molar-refractivity contribution is 0.0743. The molecule has 0 bridgehead atoms. The molecule has 2 aromatic heterocycles. The van der Waals surface area contributed by atoms with Gasteiger partial charge in [-0.05, 0) is 71.4 Å². The van der Waals surface area contributed by atoms with Crippen LogP contribution in [0.4, 0.5) is 5.82 Å². The number of hydrogen-bond donors (Lipinski definition) is 3. The van der Waals surface area contributed by atoms with E-state index in [4.69, 9.17) is 0 Å². The van der Waals surface area contributed by atoms with Crippen LogP contribution in [0.25, 0.3) is 10.4 Å². The van der Waals surface area contributed by atoms with Gasteiger partial charge >= 0.3 is 0 Å². The van der Waals surface area contributed by atoms with Crippen LogP contribution < -0.4 is 10.6 Å². The third kappa shape index (κ3) is 4.89. The third-order valence-electron chi connectivity index (χ3n) is 6.73. The van der Waals surface area contributed by atoms with Gasteiger partial charge in [-0.3, -0.25) is 9.59 Å². The minimum atomic E-state index is -0.399. The van der Waals surface area contributed by atoms with E-state index in [-0.39, 0.29) is 29.1 Å². The molecule has 3 heterocycles. The summed E-state index contributed by atoms with van der Waals surface area (Å²) in [5, 5.41) is 15.8. The van der Waals surface area contributed by atoms with Crippen LogP contribution in [0.3, 0.4) is 0 Å². The number of aromatic nitrogens is 2. The maximum Gasteiger partial charge on any atom is 0.280 e. The van der Waals surface area contributed by atoms with Crippen molar-refractivity contribution in [1.82, 2.24) is 20.2 Å². The fraction of sp³-hybridized carbons (Fsp3) is 0.583. The molecule has 8 nitrogen and oxygen atoms in total. The van der Waals surface area contributed by atoms with Crippen molar-refractivity contribution >= 4 is 29.0 Å². The molecule has 3 N–H and O–H groups in total. The van der Waals surface area contributed by atoms with Crippen LogP contribution >= 0.6 is 11.3 Å². The number of hydrogen-bond acceptors (Lipinski definition) is 7. The first-order valence-electron chi connectivity index (χ1n) is 11.7. The van der Waals surface area contributed by atoms with E-state index in [2.05, 4.69) is 27.5 Å². The average molecular weight is 472 g/mol. The van der Waals surface area contributed by atoms with E-state index in [1.54, 1.807) is 13.1 Å². The molecule has 1 aliphatic carbocycles. The summed E-state index contributed by atoms with van der Waals surface area (Å²) >= 11 is 1.20. The lowest BCUT2D eigenvalue weighted by Gasteiger charge is -2.39. The molecule has 33 heavy (non-hydrogen) atoms. The molecule has 9 heteroatoms. The number of nitrogens with one attached hydrogen (secondary N) is 2. The van der Waals surface area contributed by atoms with Gasteiger partial charge < -0.3 is 20.6 Å². The van der Waals surface area contributed by atoms with Crippen LogP contribution in [-0.2, 0) is 0 Å². The molecule has 2 aromatic rings. The van der Waals surface area contributed by atoms with Crippen LogP contribution in [0.1, 0.15) is 78.7 Å². The Morgan fingerprint density at radius 3 is 2.70 bits per heavy atom. The predicted octanol–water partition coefficient (Wildman–Crippen LogP) is 3.60. The van der Waals surface area contributed by atoms with Gasteiger partial charge in [-0.15, -0.1) is 11.3 Å². The summed E-state index contributed by atoms with van der Waals surface area (Å²) < 4.78 is 0. The normalized spacial score (nSPS) is 20.3. The van der Waals surface area contributed by atoms with E-state index in [1.165, 1.54) is 17.8 Å². The number of likely N-dealkylation sites (tertiary alicyclic amines) is 1. The van der Waals surface area contributed by atoms with Gasteiger partial charge in [0.05, 0.1) is 11.5 Å². The van der Waals surface area contributed by atoms with Crippen molar-refractivity contribution in [3.05, 3.63) is 28.5 Å². The third-order valence-corrected chi connectivity index (χ3v) is 7.82. The topological polar surface area (TPSA) is 107 Å². The SMILES string of the molecule is Cc1cc(NC2(C)CCC2)ncc1-c1sc(C(=O)N[C@@H](C)CO)nc1C(=O)N1CCC[C@@H]1C. The van der Waals surface area contributed by atoms with Crippen molar-refractivity contribution in [3.8, 4) is 10.4 Å². The van der Waals surface area contributed by atoms with Crippen LogP contribution in [0.5, 0.6) is 0 Å². The van der Waals surface area contributed by atoms with E-state index >= 15 is 0 Å². The lowest BCUT2D eigenvalue weighted by atomic mass is 9.78. The zero-order chi connectivity index (χ0) is 23.8. The van der Waals surface area contributed by atoms with Gasteiger partial charge in [-0.25, -0.2) is 9.97 Å². The van der Waals surface area contributed by atoms with Crippen molar-refractivity contribution in [2.45, 2.75) is 77.4 Å². The number of nitrogens with zero attached hydrogens (tertiary/aromatic N) is 3. The van der Waals surface area contributed by atoms with Crippen molar-refractivity contribution in [1.29, 1.82) is 0 Å². The standard InChI is InChI=1S/C24H33N5O3S/c1-14-11-18(28-24(4)8-6-9-24)25-12-17(14)20-19(23(32)29-10-5-7-16(29)3)27-22(33-20)21(31)26-15(2)13-30/h11-12,15-16,30H,5-10,13H2,1-4H3,(H,25,28)(H,26,31)/t15-,16-/m0/s1. The van der Waals surface area contributed by atoms with Gasteiger partial charge in [0.2, 0.25) is 0 Å². The summed E-state index contributed by atoms with van der Waals surface area (Å²) in [7, 11) is 0. The molecule has 2 atom stereocenters. The molecule has 4 rings (SSSR count). The quantitative estimate of drug-likeness (QED) is 0.570. The summed E-state index contributed by atoms with van der Waals surface area (Å²) in [6, 6.07) is 1.75. The molecule has 0 spiro atoms. The molecule has 1 aliphatic heterocycles. The first-order chi connectivity index (χ1) is 15.7. The fourth-order valence-electron chi connectivity index (χ4n) is 4.45. The maximum atomic E-state index is 13.4. The summed E-state index contributed by atoms with van der Waals surface area (Å²) in [4.78, 5) is 37.8. The Morgan fingerprint density at radius 1 is 1.36 bits per heavy atom. The van der Waals surface area contributed by atoms with Crippen LogP contribution in [-0.4, -0.2) is 62.6 Å². The van der Waals surface area contributed by atoms with Gasteiger partial charge in [0.15, 0.2) is 5.01 Å². The number of aliphatic hydroxyl groups is 1. The van der Waals surface area contributed by atoms with Crippen LogP contribution in [0, 0.1) is 6.92 Å². The van der Waals surface area contributed by atoms with Crippen molar-refractivity contribution < 1.29 is 14.7 Å². The molecular formula is C24H33N5O3S. The highest BCUT2D eigenvalue weighted by molar-refractivity contribution is 7.17. The summed E-state index contributed by atoms with van der Waals surface area (Å²) in [5.74, 6) is 0.279. The monoisotopic (exact) mass is 471 g/mol.